The van der Waals surface area contributed by atoms with Crippen LogP contribution in [0.25, 0.3) is 6.08 Å². The highest BCUT2D eigenvalue weighted by atomic mass is 32.2. The molecular weight excluding hydrogens is 516 g/mol. The molecule has 0 aromatic heterocycles. The number of carbonyl (C=O) groups excluding carboxylic acids is 2. The van der Waals surface area contributed by atoms with Crippen LogP contribution in [0.1, 0.15) is 42.1 Å². The Morgan fingerprint density at radius 2 is 1.74 bits per heavy atom. The monoisotopic (exact) mass is 546 g/mol. The van der Waals surface area contributed by atoms with Crippen LogP contribution in [0, 0.1) is 13.8 Å². The Kier molecular flexibility index (Phi) is 8.86. The number of hydrogen-bond donors (Lipinski definition) is 1. The van der Waals surface area contributed by atoms with Gasteiger partial charge in [0.15, 0.2) is 18.1 Å². The number of nitrogens with zero attached hydrogens (tertiary/aromatic N) is 1. The highest BCUT2D eigenvalue weighted by Crippen LogP contribution is 2.39. The van der Waals surface area contributed by atoms with Gasteiger partial charge in [-0.2, -0.15) is 0 Å². The molecule has 0 saturated carbocycles. The quantitative estimate of drug-likeness (QED) is 0.238. The van der Waals surface area contributed by atoms with Gasteiger partial charge >= 0.3 is 0 Å². The lowest BCUT2D eigenvalue weighted by molar-refractivity contribution is -0.123. The first kappa shape index (κ1) is 27.4. The summed E-state index contributed by atoms with van der Waals surface area (Å²) in [6.07, 6.45) is 1.80. The highest BCUT2D eigenvalue weighted by molar-refractivity contribution is 8.26. The Balaban J connectivity index is 1.47. The third-order valence-corrected chi connectivity index (χ3v) is 7.49. The molecule has 8 heteroatoms. The molecule has 3 aromatic rings. The summed E-state index contributed by atoms with van der Waals surface area (Å²) >= 11 is 6.83. The van der Waals surface area contributed by atoms with E-state index in [1.165, 1.54) is 11.8 Å². The molecule has 38 heavy (non-hydrogen) atoms. The topological polar surface area (TPSA) is 67.9 Å². The van der Waals surface area contributed by atoms with Gasteiger partial charge in [0.25, 0.3) is 11.8 Å². The zero-order valence-electron chi connectivity index (χ0n) is 21.8. The molecule has 6 nitrogen and oxygen atoms in total. The van der Waals surface area contributed by atoms with Crippen LogP contribution in [0.5, 0.6) is 11.5 Å². The van der Waals surface area contributed by atoms with E-state index in [0.29, 0.717) is 27.3 Å². The summed E-state index contributed by atoms with van der Waals surface area (Å²) in [7, 11) is 0. The minimum absolute atomic E-state index is 0.127. The van der Waals surface area contributed by atoms with Gasteiger partial charge in [0.2, 0.25) is 0 Å². The van der Waals surface area contributed by atoms with Crippen LogP contribution in [0.15, 0.2) is 71.6 Å². The standard InChI is InChI=1S/C30H30N2O4S2/c1-5-35-25-16-22(14-15-24(25)36-18-27(33)31-28-19(2)10-9-11-20(28)3)17-26-29(34)32(30(37)38-26)21(4)23-12-7-6-8-13-23/h6-17,21H,5,18H2,1-4H3,(H,31,33)/b26-17-/t21-/m1/s1. The summed E-state index contributed by atoms with van der Waals surface area (Å²) in [5.74, 6) is 0.558. The van der Waals surface area contributed by atoms with Crippen LogP contribution < -0.4 is 14.8 Å². The normalized spacial score (nSPS) is 15.1. The van der Waals surface area contributed by atoms with E-state index in [0.717, 1.165) is 27.9 Å². The van der Waals surface area contributed by atoms with E-state index in [9.17, 15) is 9.59 Å². The zero-order chi connectivity index (χ0) is 27.2. The largest absolute Gasteiger partial charge is 0.490 e. The van der Waals surface area contributed by atoms with Gasteiger partial charge in [-0.15, -0.1) is 0 Å². The molecule has 1 atom stereocenters. The highest BCUT2D eigenvalue weighted by Gasteiger charge is 2.35. The SMILES string of the molecule is CCOc1cc(/C=C2\SC(=S)N([C@H](C)c3ccccc3)C2=O)ccc1OCC(=O)Nc1c(C)cccc1C. The molecule has 1 aliphatic rings. The molecule has 1 N–H and O–H groups in total. The molecule has 0 bridgehead atoms. The van der Waals surface area contributed by atoms with Gasteiger partial charge in [0.05, 0.1) is 17.6 Å². The van der Waals surface area contributed by atoms with E-state index < -0.39 is 0 Å². The fourth-order valence-electron chi connectivity index (χ4n) is 4.18. The van der Waals surface area contributed by atoms with Crippen LogP contribution in [0.3, 0.4) is 0 Å². The Bertz CT molecular complexity index is 1370. The van der Waals surface area contributed by atoms with Crippen molar-refractivity contribution in [2.75, 3.05) is 18.5 Å². The smallest absolute Gasteiger partial charge is 0.266 e. The first-order chi connectivity index (χ1) is 18.3. The Morgan fingerprint density at radius 1 is 1.03 bits per heavy atom. The van der Waals surface area contributed by atoms with Crippen LogP contribution in [-0.4, -0.2) is 34.2 Å². The third-order valence-electron chi connectivity index (χ3n) is 6.16. The van der Waals surface area contributed by atoms with Crippen molar-refractivity contribution in [2.45, 2.75) is 33.7 Å². The van der Waals surface area contributed by atoms with Crippen molar-refractivity contribution in [1.82, 2.24) is 4.90 Å². The minimum Gasteiger partial charge on any atom is -0.490 e. The summed E-state index contributed by atoms with van der Waals surface area (Å²) < 4.78 is 12.1. The summed E-state index contributed by atoms with van der Waals surface area (Å²) in [5.41, 5.74) is 4.56. The van der Waals surface area contributed by atoms with Crippen molar-refractivity contribution in [1.29, 1.82) is 0 Å². The maximum atomic E-state index is 13.2. The summed E-state index contributed by atoms with van der Waals surface area (Å²) in [5, 5.41) is 2.92. The molecule has 2 amide bonds. The molecule has 4 rings (SSSR count). The summed E-state index contributed by atoms with van der Waals surface area (Å²) in [6.45, 7) is 8.00. The van der Waals surface area contributed by atoms with E-state index in [-0.39, 0.29) is 24.5 Å². The molecule has 1 heterocycles. The number of para-hydroxylation sites is 1. The van der Waals surface area contributed by atoms with Crippen LogP contribution in [-0.2, 0) is 9.59 Å². The van der Waals surface area contributed by atoms with Crippen LogP contribution in [0.4, 0.5) is 5.69 Å². The minimum atomic E-state index is -0.259. The lowest BCUT2D eigenvalue weighted by Crippen LogP contribution is -2.30. The van der Waals surface area contributed by atoms with Crippen molar-refractivity contribution in [3.05, 3.63) is 93.9 Å². The number of thioether (sulfide) groups is 1. The second-order valence-corrected chi connectivity index (χ2v) is 10.6. The molecule has 0 aliphatic carbocycles. The van der Waals surface area contributed by atoms with Gasteiger partial charge in [-0.05, 0) is 68.2 Å². The number of ether oxygens (including phenoxy) is 2. The van der Waals surface area contributed by atoms with Gasteiger partial charge in [-0.3, -0.25) is 14.5 Å². The number of thiocarbonyl (C=S) groups is 1. The molecule has 1 fully saturated rings. The Labute approximate surface area is 233 Å². The maximum absolute atomic E-state index is 13.2. The van der Waals surface area contributed by atoms with Crippen molar-refractivity contribution in [3.63, 3.8) is 0 Å². The van der Waals surface area contributed by atoms with E-state index in [4.69, 9.17) is 21.7 Å². The number of hydrogen-bond acceptors (Lipinski definition) is 6. The first-order valence-electron chi connectivity index (χ1n) is 12.4. The number of anilines is 1. The van der Waals surface area contributed by atoms with E-state index in [2.05, 4.69) is 5.32 Å². The number of nitrogens with one attached hydrogen (secondary N) is 1. The van der Waals surface area contributed by atoms with E-state index >= 15 is 0 Å². The number of rotatable bonds is 9. The van der Waals surface area contributed by atoms with Crippen molar-refractivity contribution in [3.8, 4) is 11.5 Å². The second kappa shape index (κ2) is 12.3. The lowest BCUT2D eigenvalue weighted by atomic mass is 10.1. The molecule has 196 valence electrons. The van der Waals surface area contributed by atoms with Gasteiger partial charge in [-0.25, -0.2) is 0 Å². The zero-order valence-corrected chi connectivity index (χ0v) is 23.4. The molecular formula is C30H30N2O4S2. The van der Waals surface area contributed by atoms with Gasteiger partial charge in [0, 0.05) is 5.69 Å². The van der Waals surface area contributed by atoms with E-state index in [1.807, 2.05) is 82.3 Å². The van der Waals surface area contributed by atoms with Crippen LogP contribution in [0.2, 0.25) is 0 Å². The molecule has 0 spiro atoms. The Morgan fingerprint density at radius 3 is 2.42 bits per heavy atom. The maximum Gasteiger partial charge on any atom is 0.266 e. The fourth-order valence-corrected chi connectivity index (χ4v) is 5.60. The number of carbonyl (C=O) groups is 2. The van der Waals surface area contributed by atoms with Crippen molar-refractivity contribution < 1.29 is 19.1 Å². The lowest BCUT2D eigenvalue weighted by Gasteiger charge is -2.23. The summed E-state index contributed by atoms with van der Waals surface area (Å²) in [6, 6.07) is 20.9. The molecule has 0 unspecified atom stereocenters. The van der Waals surface area contributed by atoms with E-state index in [1.54, 1.807) is 23.1 Å². The van der Waals surface area contributed by atoms with Gasteiger partial charge < -0.3 is 14.8 Å². The van der Waals surface area contributed by atoms with Crippen molar-refractivity contribution >= 4 is 51.9 Å². The summed E-state index contributed by atoms with van der Waals surface area (Å²) in [4.78, 5) is 28.0. The predicted octanol–water partition coefficient (Wildman–Crippen LogP) is 6.68. The molecule has 1 saturated heterocycles. The number of aryl methyl sites for hydroxylation is 2. The molecule has 3 aromatic carbocycles. The predicted molar refractivity (Wildman–Crippen MR) is 158 cm³/mol. The number of amides is 2. The van der Waals surface area contributed by atoms with Gasteiger partial charge in [-0.1, -0.05) is 78.6 Å². The first-order valence-corrected chi connectivity index (χ1v) is 13.6. The molecule has 1 aliphatic heterocycles. The van der Waals surface area contributed by atoms with Gasteiger partial charge in [0.1, 0.15) is 4.32 Å². The average molecular weight is 547 g/mol. The average Bonchev–Trinajstić information content (AvgIpc) is 3.18. The number of benzene rings is 3. The Hall–Kier alpha value is -3.62. The van der Waals surface area contributed by atoms with Crippen LogP contribution >= 0.6 is 24.0 Å². The fraction of sp³-hybridized carbons (Fsp3) is 0.233. The third kappa shape index (κ3) is 6.26. The molecule has 0 radical (unpaired) electrons. The van der Waals surface area contributed by atoms with Crippen molar-refractivity contribution in [2.24, 2.45) is 0 Å². The second-order valence-electron chi connectivity index (χ2n) is 8.88.